The molecule has 12 aromatic rings. The van der Waals surface area contributed by atoms with Gasteiger partial charge in [0.15, 0.2) is 0 Å². The fourth-order valence-electron chi connectivity index (χ4n) is 10.4. The van der Waals surface area contributed by atoms with Crippen molar-refractivity contribution in [3.05, 3.63) is 199 Å². The molecule has 1 aliphatic rings. The van der Waals surface area contributed by atoms with Crippen LogP contribution >= 0.6 is 0 Å². The first kappa shape index (κ1) is 32.5. The Morgan fingerprint density at radius 1 is 0.356 bits per heavy atom. The summed E-state index contributed by atoms with van der Waals surface area (Å²) in [6, 6.07) is 67.2. The van der Waals surface area contributed by atoms with Gasteiger partial charge in [0.25, 0.3) is 0 Å². The van der Waals surface area contributed by atoms with Gasteiger partial charge in [0.2, 0.25) is 0 Å². The molecule has 0 saturated carbocycles. The van der Waals surface area contributed by atoms with E-state index >= 15 is 0 Å². The van der Waals surface area contributed by atoms with E-state index in [1.807, 2.05) is 0 Å². The van der Waals surface area contributed by atoms with E-state index in [4.69, 9.17) is 0 Å². The average Bonchev–Trinajstić information content (AvgIpc) is 4.01. The van der Waals surface area contributed by atoms with Crippen LogP contribution in [-0.2, 0) is 6.42 Å². The van der Waals surface area contributed by atoms with Crippen molar-refractivity contribution in [1.82, 2.24) is 18.3 Å². The predicted molar refractivity (Wildman–Crippen MR) is 248 cm³/mol. The lowest BCUT2D eigenvalue weighted by molar-refractivity contribution is 0.691. The summed E-state index contributed by atoms with van der Waals surface area (Å²) in [5.41, 5.74) is 15.6. The Morgan fingerprint density at radius 2 is 0.746 bits per heavy atom. The molecule has 13 rings (SSSR count). The van der Waals surface area contributed by atoms with E-state index in [2.05, 4.69) is 219 Å². The fraction of sp³-hybridized carbons (Fsp3) is 0.0545. The molecule has 1 unspecified atom stereocenters. The number of allylic oxidation sites excluding steroid dienone is 1. The van der Waals surface area contributed by atoms with Gasteiger partial charge >= 0.3 is 0 Å². The van der Waals surface area contributed by atoms with Gasteiger partial charge in [-0.15, -0.1) is 0 Å². The highest BCUT2D eigenvalue weighted by atomic mass is 15.1. The van der Waals surface area contributed by atoms with Gasteiger partial charge in [-0.3, -0.25) is 0 Å². The van der Waals surface area contributed by atoms with Gasteiger partial charge in [0, 0.05) is 54.6 Å². The molecule has 1 atom stereocenters. The lowest BCUT2D eigenvalue weighted by atomic mass is 9.94. The van der Waals surface area contributed by atoms with E-state index in [-0.39, 0.29) is 0 Å². The Kier molecular flexibility index (Phi) is 6.74. The second-order valence-electron chi connectivity index (χ2n) is 16.2. The summed E-state index contributed by atoms with van der Waals surface area (Å²) >= 11 is 0. The van der Waals surface area contributed by atoms with Crippen LogP contribution in [0.25, 0.3) is 105 Å². The summed E-state index contributed by atoms with van der Waals surface area (Å²) in [5.74, 6) is 0.451. The number of hydrogen-bond donors (Lipinski definition) is 0. The largest absolute Gasteiger partial charge is 0.311 e. The van der Waals surface area contributed by atoms with Crippen molar-refractivity contribution >= 4 is 82.4 Å². The highest BCUT2D eigenvalue weighted by Gasteiger charge is 2.26. The molecule has 4 nitrogen and oxygen atoms in total. The van der Waals surface area contributed by atoms with Crippen LogP contribution < -0.4 is 0 Å². The van der Waals surface area contributed by atoms with Crippen molar-refractivity contribution in [2.24, 2.45) is 5.92 Å². The molecular formula is C55H38N4. The quantitative estimate of drug-likeness (QED) is 0.170. The van der Waals surface area contributed by atoms with Crippen molar-refractivity contribution in [2.75, 3.05) is 0 Å². The lowest BCUT2D eigenvalue weighted by Gasteiger charge is -2.19. The lowest BCUT2D eigenvalue weighted by Crippen LogP contribution is -2.08. The van der Waals surface area contributed by atoms with Crippen molar-refractivity contribution in [1.29, 1.82) is 0 Å². The minimum absolute atomic E-state index is 0.451. The van der Waals surface area contributed by atoms with E-state index in [1.54, 1.807) is 0 Å². The number of rotatable bonds is 4. The van der Waals surface area contributed by atoms with Crippen LogP contribution in [0.3, 0.4) is 0 Å². The topological polar surface area (TPSA) is 19.7 Å². The highest BCUT2D eigenvalue weighted by Crippen LogP contribution is 2.44. The molecular weight excluding hydrogens is 717 g/mol. The summed E-state index contributed by atoms with van der Waals surface area (Å²) in [6.07, 6.45) is 5.73. The Labute approximate surface area is 340 Å². The Morgan fingerprint density at radius 3 is 1.25 bits per heavy atom. The summed E-state index contributed by atoms with van der Waals surface area (Å²) < 4.78 is 10.0. The number of nitrogens with zero attached hydrogens (tertiary/aromatic N) is 4. The molecule has 0 N–H and O–H groups in total. The van der Waals surface area contributed by atoms with Crippen molar-refractivity contribution in [3.63, 3.8) is 0 Å². The third-order valence-corrected chi connectivity index (χ3v) is 12.8. The minimum Gasteiger partial charge on any atom is -0.311 e. The first-order valence-corrected chi connectivity index (χ1v) is 20.7. The zero-order valence-electron chi connectivity index (χ0n) is 32.5. The summed E-state index contributed by atoms with van der Waals surface area (Å²) in [5, 5.41) is 8.77. The van der Waals surface area contributed by atoms with Gasteiger partial charge in [-0.2, -0.15) is 0 Å². The molecule has 0 aliphatic heterocycles. The summed E-state index contributed by atoms with van der Waals surface area (Å²) in [4.78, 5) is 0. The normalized spacial score (nSPS) is 14.2. The highest BCUT2D eigenvalue weighted by molar-refractivity contribution is 6.20. The van der Waals surface area contributed by atoms with Gasteiger partial charge in [0.1, 0.15) is 0 Å². The third kappa shape index (κ3) is 4.54. The molecule has 4 heteroatoms. The zero-order valence-corrected chi connectivity index (χ0v) is 32.5. The number of aromatic nitrogens is 4. The van der Waals surface area contributed by atoms with Crippen molar-refractivity contribution < 1.29 is 0 Å². The van der Waals surface area contributed by atoms with Crippen LogP contribution in [0.2, 0.25) is 0 Å². The molecule has 4 aromatic heterocycles. The van der Waals surface area contributed by atoms with Gasteiger partial charge in [-0.05, 0) is 73.0 Å². The molecule has 0 radical (unpaired) electrons. The number of hydrogen-bond acceptors (Lipinski definition) is 0. The maximum atomic E-state index is 2.56. The number of fused-ring (bicyclic) bond motifs is 13. The van der Waals surface area contributed by atoms with Crippen LogP contribution in [0, 0.1) is 5.92 Å². The van der Waals surface area contributed by atoms with Crippen LogP contribution in [0.4, 0.5) is 0 Å². The van der Waals surface area contributed by atoms with Crippen molar-refractivity contribution in [3.8, 4) is 22.7 Å². The predicted octanol–water partition coefficient (Wildman–Crippen LogP) is 14.1. The average molecular weight is 755 g/mol. The molecule has 0 amide bonds. The Hall–Kier alpha value is -7.56. The standard InChI is InChI=1S/C55H38N4/c1-35-27-28-45-47-30-29-46-44-21-9-14-26-52(44)59(55(46)54(47)58(53(45)31-35)36-15-3-2-4-16-36)39-33-37(56-48-22-10-5-17-40(48)41-18-6-11-23-49(41)56)32-38(34-39)57-50-24-12-7-19-42(50)43-20-8-13-25-51(43)57/h2-30,32-35H,31H2,1H3. The van der Waals surface area contributed by atoms with E-state index in [1.165, 1.54) is 93.3 Å². The molecule has 4 heterocycles. The Bertz CT molecular complexity index is 3480. The maximum absolute atomic E-state index is 2.56. The zero-order chi connectivity index (χ0) is 38.8. The van der Waals surface area contributed by atoms with E-state index < -0.39 is 0 Å². The minimum atomic E-state index is 0.451. The van der Waals surface area contributed by atoms with Gasteiger partial charge in [-0.25, -0.2) is 0 Å². The number of benzene rings is 8. The number of para-hydroxylation sites is 6. The Balaban J connectivity index is 1.22. The monoisotopic (exact) mass is 754 g/mol. The van der Waals surface area contributed by atoms with Crippen LogP contribution in [0.1, 0.15) is 18.2 Å². The molecule has 0 bridgehead atoms. The van der Waals surface area contributed by atoms with E-state index in [9.17, 15) is 0 Å². The van der Waals surface area contributed by atoms with Crippen molar-refractivity contribution in [2.45, 2.75) is 13.3 Å². The van der Waals surface area contributed by atoms with E-state index in [0.29, 0.717) is 5.92 Å². The second-order valence-corrected chi connectivity index (χ2v) is 16.2. The van der Waals surface area contributed by atoms with Crippen LogP contribution in [0.15, 0.2) is 188 Å². The maximum Gasteiger partial charge on any atom is 0.0788 e. The summed E-state index contributed by atoms with van der Waals surface area (Å²) in [7, 11) is 0. The van der Waals surface area contributed by atoms with Crippen LogP contribution in [0.5, 0.6) is 0 Å². The molecule has 59 heavy (non-hydrogen) atoms. The third-order valence-electron chi connectivity index (χ3n) is 12.8. The second kappa shape index (κ2) is 12.2. The van der Waals surface area contributed by atoms with Gasteiger partial charge in [-0.1, -0.05) is 140 Å². The fourth-order valence-corrected chi connectivity index (χ4v) is 10.4. The molecule has 278 valence electrons. The van der Waals surface area contributed by atoms with Gasteiger partial charge in [0.05, 0.1) is 55.7 Å². The molecule has 1 aliphatic carbocycles. The van der Waals surface area contributed by atoms with E-state index in [0.717, 1.165) is 23.5 Å². The summed E-state index contributed by atoms with van der Waals surface area (Å²) in [6.45, 7) is 2.33. The van der Waals surface area contributed by atoms with Crippen LogP contribution in [-0.4, -0.2) is 18.3 Å². The molecule has 0 spiro atoms. The smallest absolute Gasteiger partial charge is 0.0788 e. The van der Waals surface area contributed by atoms with Gasteiger partial charge < -0.3 is 18.3 Å². The first-order valence-electron chi connectivity index (χ1n) is 20.7. The molecule has 0 fully saturated rings. The first-order chi connectivity index (χ1) is 29.2. The molecule has 8 aromatic carbocycles. The SMILES string of the molecule is CC1C=Cc2c(n(-c3ccccc3)c3c2ccc2c4ccccc4n(-c4cc(-n5c6ccccc6c6ccccc65)cc(-n5c6ccccc6c6ccccc65)c4)c23)C1. The molecule has 0 saturated heterocycles.